The Morgan fingerprint density at radius 1 is 0.447 bits per heavy atom. The molecule has 0 unspecified atom stereocenters. The number of hydrogen-bond acceptors (Lipinski definition) is 0. The fourth-order valence-electron chi connectivity index (χ4n) is 3.09. The zero-order valence-corrected chi connectivity index (χ0v) is 26.2. The van der Waals surface area contributed by atoms with Crippen molar-refractivity contribution < 1.29 is 0 Å². The van der Waals surface area contributed by atoms with Gasteiger partial charge < -0.3 is 0 Å². The lowest BCUT2D eigenvalue weighted by molar-refractivity contribution is 0.626. The predicted octanol–water partition coefficient (Wildman–Crippen LogP) is 11.5. The molecule has 0 saturated carbocycles. The van der Waals surface area contributed by atoms with E-state index in [-0.39, 0.29) is 0 Å². The molecular formula is C38H54. The highest BCUT2D eigenvalue weighted by molar-refractivity contribution is 5.25. The Morgan fingerprint density at radius 3 is 1.00 bits per heavy atom. The van der Waals surface area contributed by atoms with E-state index in [0.29, 0.717) is 0 Å². The highest BCUT2D eigenvalue weighted by atomic mass is 14.0. The van der Waals surface area contributed by atoms with E-state index < -0.39 is 0 Å². The molecule has 0 amide bonds. The highest BCUT2D eigenvalue weighted by Crippen LogP contribution is 2.06. The van der Waals surface area contributed by atoms with Crippen molar-refractivity contribution in [3.05, 3.63) is 142 Å². The van der Waals surface area contributed by atoms with Crippen LogP contribution >= 0.6 is 0 Å². The second kappa shape index (κ2) is 20.9. The van der Waals surface area contributed by atoms with Crippen molar-refractivity contribution in [2.75, 3.05) is 0 Å². The van der Waals surface area contributed by atoms with Crippen LogP contribution in [0.1, 0.15) is 78.6 Å². The molecule has 0 saturated heterocycles. The molecule has 0 aliphatic heterocycles. The fourth-order valence-corrected chi connectivity index (χ4v) is 3.09. The van der Waals surface area contributed by atoms with E-state index in [1.807, 2.05) is 0 Å². The summed E-state index contributed by atoms with van der Waals surface area (Å²) in [6, 6.07) is 33.9. The van der Waals surface area contributed by atoms with Gasteiger partial charge in [-0.3, -0.25) is 0 Å². The summed E-state index contributed by atoms with van der Waals surface area (Å²) in [5, 5.41) is 0. The molecule has 0 atom stereocenters. The third-order valence-electron chi connectivity index (χ3n) is 6.07. The Morgan fingerprint density at radius 2 is 0.789 bits per heavy atom. The van der Waals surface area contributed by atoms with Crippen molar-refractivity contribution in [1.29, 1.82) is 0 Å². The van der Waals surface area contributed by atoms with Crippen molar-refractivity contribution in [2.24, 2.45) is 5.92 Å². The second-order valence-corrected chi connectivity index (χ2v) is 10.5. The van der Waals surface area contributed by atoms with Crippen LogP contribution < -0.4 is 0 Å². The van der Waals surface area contributed by atoms with Crippen LogP contribution in [0.5, 0.6) is 0 Å². The Balaban J connectivity index is 0.000000456. The van der Waals surface area contributed by atoms with E-state index in [1.165, 1.54) is 50.9 Å². The van der Waals surface area contributed by atoms with E-state index in [0.717, 1.165) is 12.3 Å². The maximum absolute atomic E-state index is 2.22. The predicted molar refractivity (Wildman–Crippen MR) is 173 cm³/mol. The molecule has 0 heteroatoms. The summed E-state index contributed by atoms with van der Waals surface area (Å²) >= 11 is 0. The quantitative estimate of drug-likeness (QED) is 0.251. The molecule has 0 heterocycles. The molecule has 4 aromatic carbocycles. The zero-order valence-electron chi connectivity index (χ0n) is 26.2. The zero-order chi connectivity index (χ0) is 28.9. The van der Waals surface area contributed by atoms with E-state index in [4.69, 9.17) is 0 Å². The largest absolute Gasteiger partial charge is 0.0651 e. The Hall–Kier alpha value is -3.12. The Bertz CT molecular complexity index is 997. The van der Waals surface area contributed by atoms with Crippen LogP contribution in [0.4, 0.5) is 0 Å². The Labute approximate surface area is 236 Å². The molecule has 0 bridgehead atoms. The number of benzene rings is 4. The molecule has 4 rings (SSSR count). The number of hydrogen-bond donors (Lipinski definition) is 0. The van der Waals surface area contributed by atoms with Crippen molar-refractivity contribution in [1.82, 2.24) is 0 Å². The van der Waals surface area contributed by atoms with Gasteiger partial charge in [-0.15, -0.1) is 0 Å². The third-order valence-corrected chi connectivity index (χ3v) is 6.07. The van der Waals surface area contributed by atoms with Gasteiger partial charge in [-0.2, -0.15) is 0 Å². The van der Waals surface area contributed by atoms with Gasteiger partial charge in [0.25, 0.3) is 0 Å². The molecule has 0 nitrogen and oxygen atoms in total. The lowest BCUT2D eigenvalue weighted by atomic mass is 10.1. The second-order valence-electron chi connectivity index (χ2n) is 10.5. The monoisotopic (exact) mass is 510 g/mol. The SMILES string of the molecule is CCC(C)C.CCc1ccccc1C.Cc1ccc(C)cc1.Cc1ccc(C)cc1.Cc1cccc(C)c1. The van der Waals surface area contributed by atoms with Crippen LogP contribution in [0.15, 0.2) is 97.1 Å². The maximum Gasteiger partial charge on any atom is -0.0305 e. The van der Waals surface area contributed by atoms with Gasteiger partial charge in [0.2, 0.25) is 0 Å². The minimum atomic E-state index is 0.884. The summed E-state index contributed by atoms with van der Waals surface area (Å²) < 4.78 is 0. The van der Waals surface area contributed by atoms with Crippen molar-refractivity contribution in [3.63, 3.8) is 0 Å². The number of rotatable bonds is 2. The van der Waals surface area contributed by atoms with E-state index >= 15 is 0 Å². The lowest BCUT2D eigenvalue weighted by Crippen LogP contribution is -1.82. The molecule has 0 N–H and O–H groups in total. The average molecular weight is 511 g/mol. The molecule has 0 spiro atoms. The van der Waals surface area contributed by atoms with Gasteiger partial charge in [0.1, 0.15) is 0 Å². The van der Waals surface area contributed by atoms with E-state index in [9.17, 15) is 0 Å². The third kappa shape index (κ3) is 19.1. The Kier molecular flexibility index (Phi) is 19.2. The van der Waals surface area contributed by atoms with E-state index in [2.05, 4.69) is 173 Å². The summed E-state index contributed by atoms with van der Waals surface area (Å²) in [7, 11) is 0. The molecule has 0 radical (unpaired) electrons. The molecule has 38 heavy (non-hydrogen) atoms. The van der Waals surface area contributed by atoms with Crippen molar-refractivity contribution in [3.8, 4) is 0 Å². The maximum atomic E-state index is 2.22. The first-order valence-corrected chi connectivity index (χ1v) is 14.1. The number of aryl methyl sites for hydroxylation is 8. The molecular weight excluding hydrogens is 456 g/mol. The minimum absolute atomic E-state index is 0.884. The van der Waals surface area contributed by atoms with Crippen molar-refractivity contribution in [2.45, 2.75) is 89.0 Å². The molecule has 0 aromatic heterocycles. The molecule has 4 aromatic rings. The summed E-state index contributed by atoms with van der Waals surface area (Å²) in [4.78, 5) is 0. The van der Waals surface area contributed by atoms with Gasteiger partial charge in [-0.05, 0) is 71.9 Å². The fraction of sp³-hybridized carbons (Fsp3) is 0.368. The highest BCUT2D eigenvalue weighted by Gasteiger charge is 1.89. The first-order chi connectivity index (χ1) is 18.0. The topological polar surface area (TPSA) is 0 Å². The first kappa shape index (κ1) is 34.9. The molecule has 0 aliphatic rings. The van der Waals surface area contributed by atoms with Crippen LogP contribution in [0.3, 0.4) is 0 Å². The van der Waals surface area contributed by atoms with Crippen molar-refractivity contribution >= 4 is 0 Å². The van der Waals surface area contributed by atoms with Crippen LogP contribution in [0.2, 0.25) is 0 Å². The van der Waals surface area contributed by atoms with Gasteiger partial charge in [0, 0.05) is 0 Å². The van der Waals surface area contributed by atoms with Gasteiger partial charge >= 0.3 is 0 Å². The standard InChI is InChI=1S/C9H12.3C8H10.C5H12/c1-3-9-7-5-4-6-8(9)2;2*1-7-3-5-8(2)6-4-7;1-7-4-3-5-8(2)6-7;1-4-5(2)3/h4-7H,3H2,1-2H3;3*3-6H,1-2H3;5H,4H2,1-3H3. The van der Waals surface area contributed by atoms with Gasteiger partial charge in [0.15, 0.2) is 0 Å². The van der Waals surface area contributed by atoms with Gasteiger partial charge in [-0.25, -0.2) is 0 Å². The summed E-state index contributed by atoms with van der Waals surface area (Å²) in [5.41, 5.74) is 10.9. The molecule has 0 fully saturated rings. The van der Waals surface area contributed by atoms with E-state index in [1.54, 1.807) is 0 Å². The average Bonchev–Trinajstić information content (AvgIpc) is 2.89. The first-order valence-electron chi connectivity index (χ1n) is 14.1. The summed E-state index contributed by atoms with van der Waals surface area (Å²) in [6.45, 7) is 23.6. The van der Waals surface area contributed by atoms with Crippen LogP contribution in [0, 0.1) is 54.4 Å². The smallest absolute Gasteiger partial charge is 0.0305 e. The van der Waals surface area contributed by atoms with Crippen LogP contribution in [0.25, 0.3) is 0 Å². The molecule has 0 aliphatic carbocycles. The minimum Gasteiger partial charge on any atom is -0.0651 e. The molecule has 206 valence electrons. The normalized spacial score (nSPS) is 9.37. The summed E-state index contributed by atoms with van der Waals surface area (Å²) in [5.74, 6) is 0.884. The summed E-state index contributed by atoms with van der Waals surface area (Å²) in [6.07, 6.45) is 2.45. The van der Waals surface area contributed by atoms with Crippen LogP contribution in [-0.2, 0) is 6.42 Å². The lowest BCUT2D eigenvalue weighted by Gasteiger charge is -1.98. The van der Waals surface area contributed by atoms with Gasteiger partial charge in [-0.1, -0.05) is 165 Å². The van der Waals surface area contributed by atoms with Gasteiger partial charge in [0.05, 0.1) is 0 Å². The van der Waals surface area contributed by atoms with Crippen LogP contribution in [-0.4, -0.2) is 0 Å².